The Kier molecular flexibility index (Phi) is 7.24. The molecule has 3 heterocycles. The van der Waals surface area contributed by atoms with E-state index in [1.807, 2.05) is 36.9 Å². The monoisotopic (exact) mass is 496 g/mol. The molecular formula is C25H29ClN6O3. The number of amides is 1. The van der Waals surface area contributed by atoms with Gasteiger partial charge in [-0.25, -0.2) is 4.79 Å². The highest BCUT2D eigenvalue weighted by molar-refractivity contribution is 6.30. The minimum Gasteiger partial charge on any atom is -0.465 e. The van der Waals surface area contributed by atoms with Crippen LogP contribution in [0.4, 0.5) is 10.6 Å². The molecule has 184 valence electrons. The minimum absolute atomic E-state index is 0.0379. The summed E-state index contributed by atoms with van der Waals surface area (Å²) in [5.41, 5.74) is -0.0651. The van der Waals surface area contributed by atoms with E-state index in [0.29, 0.717) is 43.3 Å². The van der Waals surface area contributed by atoms with Crippen LogP contribution in [0.5, 0.6) is 0 Å². The fourth-order valence-electron chi connectivity index (χ4n) is 5.55. The number of hydrogen-bond donors (Lipinski definition) is 2. The summed E-state index contributed by atoms with van der Waals surface area (Å²) in [6, 6.07) is 12.3. The summed E-state index contributed by atoms with van der Waals surface area (Å²) in [7, 11) is 0. The highest BCUT2D eigenvalue weighted by atomic mass is 35.5. The molecule has 1 aromatic heterocycles. The molecule has 0 aliphatic carbocycles. The maximum absolute atomic E-state index is 14.3. The average Bonchev–Trinajstić information content (AvgIpc) is 3.29. The molecule has 2 aromatic rings. The van der Waals surface area contributed by atoms with E-state index in [9.17, 15) is 14.7 Å². The summed E-state index contributed by atoms with van der Waals surface area (Å²) in [6.45, 7) is 5.59. The molecule has 2 atom stereocenters. The van der Waals surface area contributed by atoms with E-state index in [0.717, 1.165) is 5.56 Å². The van der Waals surface area contributed by atoms with Crippen LogP contribution in [-0.4, -0.2) is 69.8 Å². The molecule has 0 spiro atoms. The first kappa shape index (κ1) is 24.9. The Labute approximate surface area is 209 Å². The molecule has 1 aromatic carbocycles. The third kappa shape index (κ3) is 4.68. The van der Waals surface area contributed by atoms with E-state index in [-0.39, 0.29) is 35.9 Å². The van der Waals surface area contributed by atoms with Crippen molar-refractivity contribution in [1.82, 2.24) is 20.4 Å². The Bertz CT molecular complexity index is 1110. The van der Waals surface area contributed by atoms with Crippen LogP contribution in [-0.2, 0) is 4.79 Å². The number of piperidine rings is 1. The lowest BCUT2D eigenvalue weighted by Gasteiger charge is -2.46. The second kappa shape index (κ2) is 10.2. The fourth-order valence-corrected chi connectivity index (χ4v) is 5.67. The van der Waals surface area contributed by atoms with Gasteiger partial charge >= 0.3 is 6.09 Å². The van der Waals surface area contributed by atoms with Crippen molar-refractivity contribution in [3.63, 3.8) is 0 Å². The molecule has 0 radical (unpaired) electrons. The number of anilines is 1. The van der Waals surface area contributed by atoms with Crippen LogP contribution in [0.15, 0.2) is 36.4 Å². The van der Waals surface area contributed by atoms with Crippen molar-refractivity contribution >= 4 is 29.3 Å². The first-order valence-electron chi connectivity index (χ1n) is 11.8. The number of nitrogens with zero attached hydrogens (tertiary/aromatic N) is 5. The summed E-state index contributed by atoms with van der Waals surface area (Å²) < 4.78 is 0. The summed E-state index contributed by atoms with van der Waals surface area (Å²) in [5, 5.41) is 31.1. The van der Waals surface area contributed by atoms with Crippen molar-refractivity contribution in [3.05, 3.63) is 52.7 Å². The smallest absolute Gasteiger partial charge is 0.408 e. The molecule has 1 amide bonds. The van der Waals surface area contributed by atoms with Gasteiger partial charge in [-0.3, -0.25) is 9.69 Å². The maximum Gasteiger partial charge on any atom is 0.408 e. The summed E-state index contributed by atoms with van der Waals surface area (Å²) >= 11 is 6.10. The average molecular weight is 497 g/mol. The topological polar surface area (TPSA) is 122 Å². The SMILES string of the molecule is CC(C)N(C(=O)O)[C@]1(C(=O)C2CCN(c3ccc(C#N)nn3)CC2)CNC[C@H]1c1ccc(Cl)cc1. The first-order chi connectivity index (χ1) is 16.8. The predicted octanol–water partition coefficient (Wildman–Crippen LogP) is 3.30. The van der Waals surface area contributed by atoms with Gasteiger partial charge in [0.15, 0.2) is 17.3 Å². The van der Waals surface area contributed by atoms with E-state index in [4.69, 9.17) is 16.9 Å². The van der Waals surface area contributed by atoms with Gasteiger partial charge in [0, 0.05) is 49.1 Å². The Morgan fingerprint density at radius 1 is 1.20 bits per heavy atom. The van der Waals surface area contributed by atoms with Gasteiger partial charge in [-0.15, -0.1) is 10.2 Å². The number of nitrogens with one attached hydrogen (secondary N) is 1. The Balaban J connectivity index is 1.63. The number of Topliss-reactive ketones (excluding diaryl/α,β-unsaturated/α-hetero) is 1. The summed E-state index contributed by atoms with van der Waals surface area (Å²) in [6.07, 6.45) is 0.0729. The molecule has 0 unspecified atom stereocenters. The summed E-state index contributed by atoms with van der Waals surface area (Å²) in [4.78, 5) is 30.2. The number of carbonyl (C=O) groups excluding carboxylic acids is 1. The first-order valence-corrected chi connectivity index (χ1v) is 12.2. The van der Waals surface area contributed by atoms with Gasteiger partial charge in [-0.05, 0) is 56.5 Å². The number of benzene rings is 1. The highest BCUT2D eigenvalue weighted by Crippen LogP contribution is 2.42. The van der Waals surface area contributed by atoms with Gasteiger partial charge in [-0.1, -0.05) is 23.7 Å². The van der Waals surface area contributed by atoms with Crippen molar-refractivity contribution in [3.8, 4) is 6.07 Å². The number of carboxylic acid groups (broad SMARTS) is 1. The minimum atomic E-state index is -1.21. The van der Waals surface area contributed by atoms with Crippen LogP contribution in [0.2, 0.25) is 5.02 Å². The van der Waals surface area contributed by atoms with Crippen molar-refractivity contribution in [1.29, 1.82) is 5.26 Å². The molecule has 2 fully saturated rings. The second-order valence-corrected chi connectivity index (χ2v) is 9.86. The lowest BCUT2D eigenvalue weighted by atomic mass is 9.71. The molecule has 0 bridgehead atoms. The molecular weight excluding hydrogens is 468 g/mol. The predicted molar refractivity (Wildman–Crippen MR) is 131 cm³/mol. The Morgan fingerprint density at radius 3 is 2.43 bits per heavy atom. The van der Waals surface area contributed by atoms with Gasteiger partial charge in [0.05, 0.1) is 0 Å². The number of aromatic nitrogens is 2. The highest BCUT2D eigenvalue weighted by Gasteiger charge is 2.57. The normalized spacial score (nSPS) is 22.7. The number of halogens is 1. The number of ketones is 1. The van der Waals surface area contributed by atoms with Crippen LogP contribution < -0.4 is 10.2 Å². The number of nitriles is 1. The van der Waals surface area contributed by atoms with E-state index >= 15 is 0 Å². The molecule has 2 aliphatic rings. The Hall–Kier alpha value is -3.22. The molecule has 4 rings (SSSR count). The zero-order valence-electron chi connectivity index (χ0n) is 19.8. The van der Waals surface area contributed by atoms with Gasteiger partial charge < -0.3 is 15.3 Å². The molecule has 10 heteroatoms. The van der Waals surface area contributed by atoms with Gasteiger partial charge in [0.1, 0.15) is 11.6 Å². The quantitative estimate of drug-likeness (QED) is 0.624. The third-order valence-corrected chi connectivity index (χ3v) is 7.38. The van der Waals surface area contributed by atoms with Crippen molar-refractivity contribution < 1.29 is 14.7 Å². The van der Waals surface area contributed by atoms with Gasteiger partial charge in [0.2, 0.25) is 0 Å². The number of rotatable bonds is 6. The lowest BCUT2D eigenvalue weighted by molar-refractivity contribution is -0.136. The molecule has 0 saturated carbocycles. The standard InChI is InChI=1S/C25H29ClN6O3/c1-16(2)32(24(34)35)25(15-28-14-21(25)17-3-5-19(26)6-4-17)23(33)18-9-11-31(12-10-18)22-8-7-20(13-27)29-30-22/h3-8,16,18,21,28H,9-12,14-15H2,1-2H3,(H,34,35)/t21-,25+/m0/s1. The largest absolute Gasteiger partial charge is 0.465 e. The van der Waals surface area contributed by atoms with Gasteiger partial charge in [-0.2, -0.15) is 5.26 Å². The lowest BCUT2D eigenvalue weighted by Crippen LogP contribution is -2.65. The van der Waals surface area contributed by atoms with E-state index in [1.54, 1.807) is 24.3 Å². The van der Waals surface area contributed by atoms with E-state index < -0.39 is 11.6 Å². The fraction of sp³-hybridized carbons (Fsp3) is 0.480. The van der Waals surface area contributed by atoms with Crippen LogP contribution >= 0.6 is 11.6 Å². The second-order valence-electron chi connectivity index (χ2n) is 9.42. The van der Waals surface area contributed by atoms with E-state index in [1.165, 1.54) is 4.90 Å². The zero-order valence-corrected chi connectivity index (χ0v) is 20.6. The maximum atomic E-state index is 14.3. The zero-order chi connectivity index (χ0) is 25.2. The van der Waals surface area contributed by atoms with E-state index in [2.05, 4.69) is 15.5 Å². The molecule has 35 heavy (non-hydrogen) atoms. The van der Waals surface area contributed by atoms with Crippen LogP contribution in [0.1, 0.15) is 43.9 Å². The molecule has 9 nitrogen and oxygen atoms in total. The van der Waals surface area contributed by atoms with Crippen molar-refractivity contribution in [2.24, 2.45) is 5.92 Å². The molecule has 2 N–H and O–H groups in total. The third-order valence-electron chi connectivity index (χ3n) is 7.13. The van der Waals surface area contributed by atoms with Crippen molar-refractivity contribution in [2.45, 2.75) is 44.2 Å². The summed E-state index contributed by atoms with van der Waals surface area (Å²) in [5.74, 6) is 0.0192. The van der Waals surface area contributed by atoms with Gasteiger partial charge in [0.25, 0.3) is 0 Å². The van der Waals surface area contributed by atoms with Crippen LogP contribution in [0.3, 0.4) is 0 Å². The Morgan fingerprint density at radius 2 is 1.89 bits per heavy atom. The molecule has 2 aliphatic heterocycles. The number of hydrogen-bond acceptors (Lipinski definition) is 7. The van der Waals surface area contributed by atoms with Crippen LogP contribution in [0.25, 0.3) is 0 Å². The molecule has 2 saturated heterocycles. The van der Waals surface area contributed by atoms with Crippen LogP contribution in [0, 0.1) is 17.2 Å². The number of carbonyl (C=O) groups is 2. The van der Waals surface area contributed by atoms with Crippen molar-refractivity contribution in [2.75, 3.05) is 31.1 Å².